The van der Waals surface area contributed by atoms with E-state index in [1.54, 1.807) is 25.1 Å². The Hall–Kier alpha value is -1.73. The largest absolute Gasteiger partial charge is 0.463 e. The summed E-state index contributed by atoms with van der Waals surface area (Å²) in [6.45, 7) is 4.72. The fraction of sp³-hybridized carbons (Fsp3) is 0.500. The molecule has 0 spiro atoms. The van der Waals surface area contributed by atoms with Gasteiger partial charge in [-0.1, -0.05) is 30.1 Å². The van der Waals surface area contributed by atoms with Crippen LogP contribution in [-0.4, -0.2) is 43.8 Å². The normalized spacial score (nSPS) is 23.8. The third-order valence-electron chi connectivity index (χ3n) is 5.34. The van der Waals surface area contributed by atoms with E-state index in [0.29, 0.717) is 52.9 Å². The van der Waals surface area contributed by atoms with Gasteiger partial charge < -0.3 is 15.2 Å². The minimum absolute atomic E-state index is 0.0391. The fourth-order valence-electron chi connectivity index (χ4n) is 4.19. The Balaban J connectivity index is 2.21. The number of halogens is 2. The molecule has 2 N–H and O–H groups in total. The van der Waals surface area contributed by atoms with Crippen molar-refractivity contribution in [1.29, 1.82) is 0 Å². The van der Waals surface area contributed by atoms with Gasteiger partial charge in [0, 0.05) is 34.6 Å². The lowest BCUT2D eigenvalue weighted by molar-refractivity contribution is -0.139. The van der Waals surface area contributed by atoms with Crippen LogP contribution in [0, 0.1) is 11.8 Å². The highest BCUT2D eigenvalue weighted by Crippen LogP contribution is 2.46. The SMILES string of the molecule is CCOC(=O)C1=C(COCCN)N=C2CC(C)CC(=O)C2C1c1cc(Cl)ccc1Cl. The molecule has 3 unspecified atom stereocenters. The van der Waals surface area contributed by atoms with Gasteiger partial charge in [-0.15, -0.1) is 0 Å². The number of carbonyl (C=O) groups excluding carboxylic acids is 2. The van der Waals surface area contributed by atoms with E-state index >= 15 is 0 Å². The smallest absolute Gasteiger partial charge is 0.336 e. The van der Waals surface area contributed by atoms with Crippen LogP contribution in [-0.2, 0) is 19.1 Å². The molecule has 1 aliphatic heterocycles. The highest BCUT2D eigenvalue weighted by atomic mass is 35.5. The summed E-state index contributed by atoms with van der Waals surface area (Å²) >= 11 is 12.8. The number of ketones is 1. The Morgan fingerprint density at radius 1 is 1.27 bits per heavy atom. The molecule has 1 aromatic rings. The van der Waals surface area contributed by atoms with Crippen molar-refractivity contribution in [2.75, 3.05) is 26.4 Å². The van der Waals surface area contributed by atoms with E-state index in [-0.39, 0.29) is 24.9 Å². The molecule has 1 saturated carbocycles. The minimum Gasteiger partial charge on any atom is -0.463 e. The quantitative estimate of drug-likeness (QED) is 0.499. The second kappa shape index (κ2) is 10.1. The Bertz CT molecular complexity index is 897. The Labute approximate surface area is 186 Å². The molecule has 1 heterocycles. The molecule has 1 aromatic carbocycles. The first kappa shape index (κ1) is 22.9. The average molecular weight is 453 g/mol. The van der Waals surface area contributed by atoms with Crippen LogP contribution >= 0.6 is 23.2 Å². The zero-order valence-electron chi connectivity index (χ0n) is 17.1. The van der Waals surface area contributed by atoms with E-state index in [0.717, 1.165) is 5.71 Å². The number of hydrogen-bond donors (Lipinski definition) is 1. The molecular weight excluding hydrogens is 427 g/mol. The number of carbonyl (C=O) groups is 2. The summed E-state index contributed by atoms with van der Waals surface area (Å²) in [5.41, 5.74) is 7.66. The summed E-state index contributed by atoms with van der Waals surface area (Å²) in [6, 6.07) is 5.06. The highest BCUT2D eigenvalue weighted by molar-refractivity contribution is 6.33. The summed E-state index contributed by atoms with van der Waals surface area (Å²) in [5.74, 6) is -1.51. The molecular formula is C22H26Cl2N2O4. The van der Waals surface area contributed by atoms with Crippen molar-refractivity contribution in [1.82, 2.24) is 0 Å². The second-order valence-electron chi connectivity index (χ2n) is 7.63. The molecule has 2 aliphatic rings. The third-order valence-corrected chi connectivity index (χ3v) is 5.92. The van der Waals surface area contributed by atoms with Gasteiger partial charge in [-0.25, -0.2) is 4.79 Å². The van der Waals surface area contributed by atoms with Crippen LogP contribution in [0.5, 0.6) is 0 Å². The standard InChI is InChI=1S/C22H26Cl2N2O4/c1-3-30-22(28)21-17(11-29-7-6-25)26-16-8-12(2)9-18(27)20(16)19(21)14-10-13(23)4-5-15(14)24/h4-5,10,12,19-20H,3,6-9,11,25H2,1-2H3. The van der Waals surface area contributed by atoms with Crippen molar-refractivity contribution in [2.45, 2.75) is 32.6 Å². The van der Waals surface area contributed by atoms with Gasteiger partial charge in [0.15, 0.2) is 0 Å². The molecule has 30 heavy (non-hydrogen) atoms. The number of nitrogens with zero attached hydrogens (tertiary/aromatic N) is 1. The van der Waals surface area contributed by atoms with Crippen LogP contribution in [0.1, 0.15) is 38.2 Å². The number of hydrogen-bond acceptors (Lipinski definition) is 6. The number of aliphatic imine (C=N–C) groups is 1. The number of fused-ring (bicyclic) bond motifs is 1. The van der Waals surface area contributed by atoms with Crippen molar-refractivity contribution in [2.24, 2.45) is 22.6 Å². The van der Waals surface area contributed by atoms with Crippen LogP contribution in [0.3, 0.4) is 0 Å². The van der Waals surface area contributed by atoms with Crippen LogP contribution in [0.25, 0.3) is 0 Å². The van der Waals surface area contributed by atoms with Crippen molar-refractivity contribution in [3.05, 3.63) is 45.1 Å². The van der Waals surface area contributed by atoms with Crippen molar-refractivity contribution < 1.29 is 19.1 Å². The summed E-state index contributed by atoms with van der Waals surface area (Å²) in [5, 5.41) is 0.903. The monoisotopic (exact) mass is 452 g/mol. The van der Waals surface area contributed by atoms with Gasteiger partial charge in [0.25, 0.3) is 0 Å². The minimum atomic E-state index is -0.626. The molecule has 6 nitrogen and oxygen atoms in total. The molecule has 0 radical (unpaired) electrons. The maximum absolute atomic E-state index is 13.1. The summed E-state index contributed by atoms with van der Waals surface area (Å²) in [4.78, 5) is 30.9. The molecule has 3 atom stereocenters. The Morgan fingerprint density at radius 3 is 2.73 bits per heavy atom. The number of ether oxygens (including phenoxy) is 2. The van der Waals surface area contributed by atoms with Gasteiger partial charge in [-0.3, -0.25) is 9.79 Å². The van der Waals surface area contributed by atoms with Gasteiger partial charge >= 0.3 is 5.97 Å². The van der Waals surface area contributed by atoms with Gasteiger partial charge in [0.05, 0.1) is 37.0 Å². The number of nitrogens with two attached hydrogens (primary N) is 1. The lowest BCUT2D eigenvalue weighted by Gasteiger charge is -2.38. The van der Waals surface area contributed by atoms with Gasteiger partial charge in [0.1, 0.15) is 5.78 Å². The van der Waals surface area contributed by atoms with Crippen molar-refractivity contribution in [3.63, 3.8) is 0 Å². The number of rotatable bonds is 7. The summed E-state index contributed by atoms with van der Waals surface area (Å²) in [7, 11) is 0. The van der Waals surface area contributed by atoms with E-state index in [2.05, 4.69) is 0 Å². The first-order valence-electron chi connectivity index (χ1n) is 10.1. The van der Waals surface area contributed by atoms with Crippen LogP contribution < -0.4 is 5.73 Å². The molecule has 1 fully saturated rings. The first-order chi connectivity index (χ1) is 14.4. The highest BCUT2D eigenvalue weighted by Gasteiger charge is 2.46. The molecule has 162 valence electrons. The molecule has 0 aromatic heterocycles. The molecule has 1 aliphatic carbocycles. The van der Waals surface area contributed by atoms with Crippen molar-refractivity contribution in [3.8, 4) is 0 Å². The van der Waals surface area contributed by atoms with E-state index < -0.39 is 17.8 Å². The van der Waals surface area contributed by atoms with E-state index in [9.17, 15) is 9.59 Å². The zero-order valence-corrected chi connectivity index (χ0v) is 18.6. The van der Waals surface area contributed by atoms with Crippen LogP contribution in [0.4, 0.5) is 0 Å². The van der Waals surface area contributed by atoms with Gasteiger partial charge in [-0.05, 0) is 43.0 Å². The molecule has 3 rings (SSSR count). The first-order valence-corrected chi connectivity index (χ1v) is 10.9. The molecule has 0 bridgehead atoms. The van der Waals surface area contributed by atoms with Crippen molar-refractivity contribution >= 4 is 40.7 Å². The van der Waals surface area contributed by atoms with Gasteiger partial charge in [-0.2, -0.15) is 0 Å². The third kappa shape index (κ3) is 4.78. The average Bonchev–Trinajstić information content (AvgIpc) is 2.69. The summed E-state index contributed by atoms with van der Waals surface area (Å²) in [6.07, 6.45) is 1.09. The molecule has 0 amide bonds. The predicted molar refractivity (Wildman–Crippen MR) is 117 cm³/mol. The number of Topliss-reactive ketones (excluding diaryl/α,β-unsaturated/α-hetero) is 1. The van der Waals surface area contributed by atoms with E-state index in [1.807, 2.05) is 6.92 Å². The zero-order chi connectivity index (χ0) is 21.8. The lowest BCUT2D eigenvalue weighted by Crippen LogP contribution is -2.41. The number of esters is 1. The van der Waals surface area contributed by atoms with Crippen LogP contribution in [0.15, 0.2) is 34.5 Å². The predicted octanol–water partition coefficient (Wildman–Crippen LogP) is 3.94. The molecule has 8 heteroatoms. The molecule has 0 saturated heterocycles. The fourth-order valence-corrected chi connectivity index (χ4v) is 4.61. The lowest BCUT2D eigenvalue weighted by atomic mass is 9.67. The Kier molecular flexibility index (Phi) is 7.69. The van der Waals surface area contributed by atoms with Crippen LogP contribution in [0.2, 0.25) is 10.0 Å². The maximum Gasteiger partial charge on any atom is 0.336 e. The number of benzene rings is 1. The topological polar surface area (TPSA) is 91.0 Å². The Morgan fingerprint density at radius 2 is 2.03 bits per heavy atom. The second-order valence-corrected chi connectivity index (χ2v) is 8.47. The van der Waals surface area contributed by atoms with Gasteiger partial charge in [0.2, 0.25) is 0 Å². The van der Waals surface area contributed by atoms with E-state index in [1.165, 1.54) is 0 Å². The summed E-state index contributed by atoms with van der Waals surface area (Å²) < 4.78 is 11.0. The van der Waals surface area contributed by atoms with E-state index in [4.69, 9.17) is 43.4 Å². The maximum atomic E-state index is 13.1.